The van der Waals surface area contributed by atoms with Gasteiger partial charge in [0, 0.05) is 18.7 Å². The second-order valence-corrected chi connectivity index (χ2v) is 7.48. The van der Waals surface area contributed by atoms with Gasteiger partial charge in [0.2, 0.25) is 0 Å². The third-order valence-electron chi connectivity index (χ3n) is 5.37. The molecule has 0 radical (unpaired) electrons. The lowest BCUT2D eigenvalue weighted by molar-refractivity contribution is 0.209. The van der Waals surface area contributed by atoms with E-state index < -0.39 is 6.10 Å². The number of aryl methyl sites for hydroxylation is 2. The summed E-state index contributed by atoms with van der Waals surface area (Å²) in [4.78, 5) is 4.73. The molecule has 0 unspecified atom stereocenters. The Labute approximate surface area is 161 Å². The minimum absolute atomic E-state index is 0.405. The average Bonchev–Trinajstić information content (AvgIpc) is 3.17. The van der Waals surface area contributed by atoms with Gasteiger partial charge < -0.3 is 15.2 Å². The van der Waals surface area contributed by atoms with Crippen LogP contribution in [0.25, 0.3) is 6.08 Å². The smallest absolute Gasteiger partial charge is 0.129 e. The standard InChI is InChI=1S/C23H28N2O2/c26-21(12-8-17-7-9-18-13-15-27-22(18)16-17)6-2-1-5-20-11-10-19-4-3-14-24-23(19)25-20/h7-12,16,21,26H,1-6,13-15H2,(H,24,25)/b12-8+/t21-/m1/s1. The number of hydrogen-bond acceptors (Lipinski definition) is 4. The highest BCUT2D eigenvalue weighted by Gasteiger charge is 2.12. The maximum atomic E-state index is 10.2. The first-order valence-electron chi connectivity index (χ1n) is 10.1. The van der Waals surface area contributed by atoms with Crippen molar-refractivity contribution in [3.63, 3.8) is 0 Å². The van der Waals surface area contributed by atoms with Crippen molar-refractivity contribution in [2.45, 2.75) is 51.0 Å². The molecule has 0 amide bonds. The van der Waals surface area contributed by atoms with E-state index in [1.807, 2.05) is 12.2 Å². The Hall–Kier alpha value is -2.33. The molecule has 2 aliphatic heterocycles. The molecule has 0 aliphatic carbocycles. The highest BCUT2D eigenvalue weighted by molar-refractivity contribution is 5.55. The summed E-state index contributed by atoms with van der Waals surface area (Å²) in [6.07, 6.45) is 10.6. The molecule has 0 saturated heterocycles. The zero-order chi connectivity index (χ0) is 18.5. The number of aromatic nitrogens is 1. The number of benzene rings is 1. The molecule has 4 heteroatoms. The summed E-state index contributed by atoms with van der Waals surface area (Å²) in [5.74, 6) is 2.05. The molecule has 0 fully saturated rings. The molecule has 2 N–H and O–H groups in total. The topological polar surface area (TPSA) is 54.4 Å². The van der Waals surface area contributed by atoms with E-state index in [0.717, 1.165) is 74.5 Å². The lowest BCUT2D eigenvalue weighted by atomic mass is 10.0. The Bertz CT molecular complexity index is 816. The number of aliphatic hydroxyl groups excluding tert-OH is 1. The highest BCUT2D eigenvalue weighted by Crippen LogP contribution is 2.26. The molecule has 3 heterocycles. The van der Waals surface area contributed by atoms with Crippen LogP contribution < -0.4 is 10.1 Å². The van der Waals surface area contributed by atoms with Crippen LogP contribution in [0.4, 0.5) is 5.82 Å². The van der Waals surface area contributed by atoms with E-state index in [1.54, 1.807) is 0 Å². The van der Waals surface area contributed by atoms with E-state index in [4.69, 9.17) is 9.72 Å². The van der Waals surface area contributed by atoms with E-state index in [-0.39, 0.29) is 0 Å². The van der Waals surface area contributed by atoms with Gasteiger partial charge in [0.25, 0.3) is 0 Å². The molecule has 1 atom stereocenters. The Morgan fingerprint density at radius 3 is 3.04 bits per heavy atom. The summed E-state index contributed by atoms with van der Waals surface area (Å²) in [6, 6.07) is 10.6. The summed E-state index contributed by atoms with van der Waals surface area (Å²) < 4.78 is 5.60. The molecule has 4 rings (SSSR count). The van der Waals surface area contributed by atoms with Crippen LogP contribution >= 0.6 is 0 Å². The van der Waals surface area contributed by atoms with Gasteiger partial charge in [-0.1, -0.05) is 36.8 Å². The molecule has 0 spiro atoms. The Balaban J connectivity index is 1.21. The van der Waals surface area contributed by atoms with Gasteiger partial charge in [0.1, 0.15) is 11.6 Å². The number of rotatable bonds is 7. The maximum absolute atomic E-state index is 10.2. The van der Waals surface area contributed by atoms with Crippen molar-refractivity contribution in [1.82, 2.24) is 4.98 Å². The minimum atomic E-state index is -0.405. The van der Waals surface area contributed by atoms with Gasteiger partial charge in [-0.05, 0) is 60.9 Å². The van der Waals surface area contributed by atoms with Crippen molar-refractivity contribution < 1.29 is 9.84 Å². The lowest BCUT2D eigenvalue weighted by Gasteiger charge is -2.17. The molecule has 142 valence electrons. The van der Waals surface area contributed by atoms with E-state index in [2.05, 4.69) is 35.6 Å². The van der Waals surface area contributed by atoms with Crippen LogP contribution in [0.5, 0.6) is 5.75 Å². The molecule has 1 aromatic heterocycles. The predicted molar refractivity (Wildman–Crippen MR) is 109 cm³/mol. The maximum Gasteiger partial charge on any atom is 0.129 e. The zero-order valence-electron chi connectivity index (χ0n) is 15.8. The zero-order valence-corrected chi connectivity index (χ0v) is 15.8. The SMILES string of the molecule is O[C@@H](/C=C/c1ccc2c(c1)OCC2)CCCCc1ccc2c(n1)NCCC2. The lowest BCUT2D eigenvalue weighted by Crippen LogP contribution is -2.14. The largest absolute Gasteiger partial charge is 0.493 e. The molecule has 4 nitrogen and oxygen atoms in total. The molecule has 2 aromatic rings. The Morgan fingerprint density at radius 2 is 2.07 bits per heavy atom. The van der Waals surface area contributed by atoms with Gasteiger partial charge in [0.15, 0.2) is 0 Å². The highest BCUT2D eigenvalue weighted by atomic mass is 16.5. The van der Waals surface area contributed by atoms with Gasteiger partial charge in [-0.3, -0.25) is 0 Å². The predicted octanol–water partition coefficient (Wildman–Crippen LogP) is 4.16. The monoisotopic (exact) mass is 364 g/mol. The second-order valence-electron chi connectivity index (χ2n) is 7.48. The number of nitrogens with zero attached hydrogens (tertiary/aromatic N) is 1. The average molecular weight is 364 g/mol. The summed E-state index contributed by atoms with van der Waals surface area (Å²) in [5.41, 5.74) is 4.84. The van der Waals surface area contributed by atoms with E-state index in [0.29, 0.717) is 0 Å². The second kappa shape index (κ2) is 8.57. The molecular weight excluding hydrogens is 336 g/mol. The fourth-order valence-corrected chi connectivity index (χ4v) is 3.77. The van der Waals surface area contributed by atoms with Crippen LogP contribution in [0.2, 0.25) is 0 Å². The van der Waals surface area contributed by atoms with Gasteiger partial charge in [-0.15, -0.1) is 0 Å². The quantitative estimate of drug-likeness (QED) is 0.724. The number of fused-ring (bicyclic) bond motifs is 2. The number of aliphatic hydroxyl groups is 1. The fraction of sp³-hybridized carbons (Fsp3) is 0.435. The van der Waals surface area contributed by atoms with Crippen LogP contribution in [-0.4, -0.2) is 29.3 Å². The first-order valence-corrected chi connectivity index (χ1v) is 10.1. The first kappa shape index (κ1) is 18.1. The first-order chi connectivity index (χ1) is 13.3. The molecule has 27 heavy (non-hydrogen) atoms. The number of hydrogen-bond donors (Lipinski definition) is 2. The molecule has 0 bridgehead atoms. The van der Waals surface area contributed by atoms with Crippen molar-refractivity contribution in [2.24, 2.45) is 0 Å². The van der Waals surface area contributed by atoms with E-state index in [9.17, 15) is 5.11 Å². The van der Waals surface area contributed by atoms with Crippen LogP contribution in [0.15, 0.2) is 36.4 Å². The van der Waals surface area contributed by atoms with Crippen molar-refractivity contribution in [3.05, 3.63) is 58.8 Å². The van der Waals surface area contributed by atoms with Crippen LogP contribution in [0.1, 0.15) is 48.1 Å². The Morgan fingerprint density at radius 1 is 1.15 bits per heavy atom. The summed E-state index contributed by atoms with van der Waals surface area (Å²) >= 11 is 0. The minimum Gasteiger partial charge on any atom is -0.493 e. The number of anilines is 1. The van der Waals surface area contributed by atoms with E-state index in [1.165, 1.54) is 17.5 Å². The third-order valence-corrected chi connectivity index (χ3v) is 5.37. The van der Waals surface area contributed by atoms with Gasteiger partial charge in [-0.25, -0.2) is 4.98 Å². The molecule has 2 aliphatic rings. The summed E-state index contributed by atoms with van der Waals surface area (Å²) in [5, 5.41) is 13.6. The van der Waals surface area contributed by atoms with Crippen LogP contribution in [0.3, 0.4) is 0 Å². The van der Waals surface area contributed by atoms with Gasteiger partial charge >= 0.3 is 0 Å². The molecule has 1 aromatic carbocycles. The summed E-state index contributed by atoms with van der Waals surface area (Å²) in [7, 11) is 0. The van der Waals surface area contributed by atoms with Gasteiger partial charge in [0.05, 0.1) is 12.7 Å². The number of pyridine rings is 1. The fourth-order valence-electron chi connectivity index (χ4n) is 3.77. The number of unbranched alkanes of at least 4 members (excludes halogenated alkanes) is 1. The molecule has 0 saturated carbocycles. The Kier molecular flexibility index (Phi) is 5.73. The number of nitrogens with one attached hydrogen (secondary N) is 1. The number of ether oxygens (including phenoxy) is 1. The van der Waals surface area contributed by atoms with Crippen LogP contribution in [-0.2, 0) is 19.3 Å². The molecular formula is C23H28N2O2. The third kappa shape index (κ3) is 4.69. The van der Waals surface area contributed by atoms with Gasteiger partial charge in [-0.2, -0.15) is 0 Å². The van der Waals surface area contributed by atoms with Crippen molar-refractivity contribution >= 4 is 11.9 Å². The normalized spacial score (nSPS) is 16.5. The van der Waals surface area contributed by atoms with Crippen molar-refractivity contribution in [3.8, 4) is 5.75 Å². The summed E-state index contributed by atoms with van der Waals surface area (Å²) in [6.45, 7) is 1.80. The van der Waals surface area contributed by atoms with Crippen molar-refractivity contribution in [1.29, 1.82) is 0 Å². The van der Waals surface area contributed by atoms with E-state index >= 15 is 0 Å². The van der Waals surface area contributed by atoms with Crippen molar-refractivity contribution in [2.75, 3.05) is 18.5 Å². The van der Waals surface area contributed by atoms with Crippen LogP contribution in [0, 0.1) is 0 Å².